The Morgan fingerprint density at radius 1 is 0.886 bits per heavy atom. The van der Waals surface area contributed by atoms with Gasteiger partial charge in [0.05, 0.1) is 18.6 Å². The van der Waals surface area contributed by atoms with Crippen LogP contribution in [-0.2, 0) is 18.7 Å². The number of carbonyl (C=O) groups is 1. The normalized spacial score (nSPS) is 10.9. The SMILES string of the molecule is COc1ccccc1-n1c(SCc2nc(C(=O)N(CCc3ccccc3)Cc3ccccc3)cs2)nnc1-c1ccncc1. The van der Waals surface area contributed by atoms with Gasteiger partial charge in [-0.2, -0.15) is 0 Å². The number of thioether (sulfide) groups is 1. The lowest BCUT2D eigenvalue weighted by Gasteiger charge is -2.22. The lowest BCUT2D eigenvalue weighted by atomic mass is 10.1. The molecule has 0 fully saturated rings. The van der Waals surface area contributed by atoms with E-state index >= 15 is 0 Å². The number of carbonyl (C=O) groups excluding carboxylic acids is 1. The Morgan fingerprint density at radius 2 is 1.59 bits per heavy atom. The Hall–Kier alpha value is -4.80. The van der Waals surface area contributed by atoms with Crippen molar-refractivity contribution in [3.05, 3.63) is 137 Å². The maximum absolute atomic E-state index is 13.7. The molecule has 0 aliphatic rings. The van der Waals surface area contributed by atoms with Crippen LogP contribution in [0.3, 0.4) is 0 Å². The monoisotopic (exact) mass is 618 g/mol. The second kappa shape index (κ2) is 14.1. The van der Waals surface area contributed by atoms with Gasteiger partial charge >= 0.3 is 0 Å². The minimum Gasteiger partial charge on any atom is -0.495 e. The Labute approximate surface area is 264 Å². The molecule has 0 atom stereocenters. The number of pyridine rings is 1. The average molecular weight is 619 g/mol. The van der Waals surface area contributed by atoms with Gasteiger partial charge < -0.3 is 9.64 Å². The van der Waals surface area contributed by atoms with Crippen LogP contribution >= 0.6 is 23.1 Å². The fourth-order valence-corrected chi connectivity index (χ4v) is 6.54. The zero-order chi connectivity index (χ0) is 30.1. The van der Waals surface area contributed by atoms with Gasteiger partial charge in [0.2, 0.25) is 0 Å². The van der Waals surface area contributed by atoms with Crippen LogP contribution in [0.1, 0.15) is 26.6 Å². The van der Waals surface area contributed by atoms with Crippen LogP contribution in [-0.4, -0.2) is 49.2 Å². The van der Waals surface area contributed by atoms with Crippen molar-refractivity contribution in [3.8, 4) is 22.8 Å². The molecule has 0 saturated carbocycles. The van der Waals surface area contributed by atoms with E-state index in [0.29, 0.717) is 41.3 Å². The molecule has 6 rings (SSSR count). The molecule has 8 nitrogen and oxygen atoms in total. The van der Waals surface area contributed by atoms with E-state index < -0.39 is 0 Å². The molecule has 220 valence electrons. The summed E-state index contributed by atoms with van der Waals surface area (Å²) in [5, 5.41) is 12.4. The van der Waals surface area contributed by atoms with Gasteiger partial charge in [-0.1, -0.05) is 84.6 Å². The number of ether oxygens (including phenoxy) is 1. The molecule has 3 heterocycles. The Balaban J connectivity index is 1.22. The zero-order valence-electron chi connectivity index (χ0n) is 24.1. The van der Waals surface area contributed by atoms with E-state index in [-0.39, 0.29) is 5.91 Å². The summed E-state index contributed by atoms with van der Waals surface area (Å²) < 4.78 is 7.66. The number of hydrogen-bond donors (Lipinski definition) is 0. The smallest absolute Gasteiger partial charge is 0.273 e. The highest BCUT2D eigenvalue weighted by Crippen LogP contribution is 2.34. The van der Waals surface area contributed by atoms with Crippen molar-refractivity contribution in [2.45, 2.75) is 23.9 Å². The second-order valence-corrected chi connectivity index (χ2v) is 11.8. The zero-order valence-corrected chi connectivity index (χ0v) is 25.7. The van der Waals surface area contributed by atoms with E-state index in [1.165, 1.54) is 28.7 Å². The van der Waals surface area contributed by atoms with E-state index in [2.05, 4.69) is 27.3 Å². The minimum atomic E-state index is -0.0746. The number of thiazole rings is 1. The predicted octanol–water partition coefficient (Wildman–Crippen LogP) is 6.97. The van der Waals surface area contributed by atoms with Gasteiger partial charge in [0.1, 0.15) is 16.5 Å². The summed E-state index contributed by atoms with van der Waals surface area (Å²) in [4.78, 5) is 24.5. The van der Waals surface area contributed by atoms with Crippen molar-refractivity contribution < 1.29 is 9.53 Å². The summed E-state index contributed by atoms with van der Waals surface area (Å²) in [5.74, 6) is 1.85. The first kappa shape index (κ1) is 29.3. The summed E-state index contributed by atoms with van der Waals surface area (Å²) in [6.45, 7) is 1.12. The van der Waals surface area contributed by atoms with Crippen molar-refractivity contribution in [3.63, 3.8) is 0 Å². The van der Waals surface area contributed by atoms with E-state index in [0.717, 1.165) is 28.2 Å². The molecule has 0 N–H and O–H groups in total. The van der Waals surface area contributed by atoms with Crippen LogP contribution in [0, 0.1) is 0 Å². The van der Waals surface area contributed by atoms with Crippen LogP contribution in [0.15, 0.2) is 120 Å². The van der Waals surface area contributed by atoms with Crippen LogP contribution in [0.2, 0.25) is 0 Å². The molecular formula is C34H30N6O2S2. The predicted molar refractivity (Wildman–Crippen MR) is 174 cm³/mol. The average Bonchev–Trinajstić information content (AvgIpc) is 3.74. The first-order chi connectivity index (χ1) is 21.7. The topological polar surface area (TPSA) is 86.0 Å². The maximum Gasteiger partial charge on any atom is 0.273 e. The highest BCUT2D eigenvalue weighted by Gasteiger charge is 2.22. The number of benzene rings is 3. The number of aromatic nitrogens is 5. The molecule has 0 saturated heterocycles. The molecule has 0 bridgehead atoms. The lowest BCUT2D eigenvalue weighted by Crippen LogP contribution is -2.32. The fourth-order valence-electron chi connectivity index (χ4n) is 4.81. The minimum absolute atomic E-state index is 0.0746. The molecule has 0 aliphatic carbocycles. The third-order valence-corrected chi connectivity index (χ3v) is 8.98. The van der Waals surface area contributed by atoms with Gasteiger partial charge in [-0.3, -0.25) is 14.3 Å². The number of para-hydroxylation sites is 2. The maximum atomic E-state index is 13.7. The van der Waals surface area contributed by atoms with Gasteiger partial charge in [0.25, 0.3) is 5.91 Å². The summed E-state index contributed by atoms with van der Waals surface area (Å²) in [6, 6.07) is 31.9. The molecule has 10 heteroatoms. The largest absolute Gasteiger partial charge is 0.495 e. The van der Waals surface area contributed by atoms with Gasteiger partial charge in [-0.25, -0.2) is 4.98 Å². The first-order valence-electron chi connectivity index (χ1n) is 14.1. The molecule has 6 aromatic rings. The van der Waals surface area contributed by atoms with Crippen LogP contribution in [0.5, 0.6) is 5.75 Å². The Morgan fingerprint density at radius 3 is 2.34 bits per heavy atom. The van der Waals surface area contributed by atoms with E-state index in [1.54, 1.807) is 19.5 Å². The molecule has 3 aromatic carbocycles. The molecule has 0 unspecified atom stereocenters. The van der Waals surface area contributed by atoms with Gasteiger partial charge in [0.15, 0.2) is 11.0 Å². The number of hydrogen-bond acceptors (Lipinski definition) is 8. The van der Waals surface area contributed by atoms with Crippen molar-refractivity contribution in [1.82, 2.24) is 29.6 Å². The van der Waals surface area contributed by atoms with Crippen molar-refractivity contribution in [1.29, 1.82) is 0 Å². The van der Waals surface area contributed by atoms with E-state index in [9.17, 15) is 4.79 Å². The molecule has 1 amide bonds. The van der Waals surface area contributed by atoms with Crippen molar-refractivity contribution in [2.75, 3.05) is 13.7 Å². The van der Waals surface area contributed by atoms with Crippen LogP contribution < -0.4 is 4.74 Å². The molecule has 0 radical (unpaired) electrons. The summed E-state index contributed by atoms with van der Waals surface area (Å²) >= 11 is 2.99. The van der Waals surface area contributed by atoms with Gasteiger partial charge in [-0.05, 0) is 41.8 Å². The number of methoxy groups -OCH3 is 1. The lowest BCUT2D eigenvalue weighted by molar-refractivity contribution is 0.0740. The van der Waals surface area contributed by atoms with E-state index in [4.69, 9.17) is 9.72 Å². The molecule has 0 aliphatic heterocycles. The highest BCUT2D eigenvalue weighted by molar-refractivity contribution is 7.98. The van der Waals surface area contributed by atoms with Crippen LogP contribution in [0.4, 0.5) is 0 Å². The molecular weight excluding hydrogens is 589 g/mol. The third-order valence-electron chi connectivity index (χ3n) is 7.01. The first-order valence-corrected chi connectivity index (χ1v) is 16.0. The summed E-state index contributed by atoms with van der Waals surface area (Å²) in [5.41, 5.74) is 4.46. The van der Waals surface area contributed by atoms with Crippen LogP contribution in [0.25, 0.3) is 17.1 Å². The Bertz CT molecular complexity index is 1810. The highest BCUT2D eigenvalue weighted by atomic mass is 32.2. The number of rotatable bonds is 12. The molecule has 0 spiro atoms. The second-order valence-electron chi connectivity index (χ2n) is 9.91. The number of nitrogens with zero attached hydrogens (tertiary/aromatic N) is 6. The quantitative estimate of drug-likeness (QED) is 0.137. The summed E-state index contributed by atoms with van der Waals surface area (Å²) in [6.07, 6.45) is 4.24. The summed E-state index contributed by atoms with van der Waals surface area (Å²) in [7, 11) is 1.65. The fraction of sp³-hybridized carbons (Fsp3) is 0.147. The van der Waals surface area contributed by atoms with E-state index in [1.807, 2.05) is 99.8 Å². The van der Waals surface area contributed by atoms with Crippen molar-refractivity contribution in [2.24, 2.45) is 0 Å². The van der Waals surface area contributed by atoms with Crippen molar-refractivity contribution >= 4 is 29.0 Å². The molecule has 44 heavy (non-hydrogen) atoms. The third kappa shape index (κ3) is 6.88. The number of amides is 1. The van der Waals surface area contributed by atoms with Gasteiger partial charge in [0, 0.05) is 36.4 Å². The standard InChI is InChI=1S/C34H30N6O2S2/c1-42-30-15-9-8-14-29(30)40-32(27-16-19-35-20-17-27)37-38-34(40)44-24-31-36-28(23-43-31)33(41)39(22-26-12-6-3-7-13-26)21-18-25-10-4-2-5-11-25/h2-17,19-20,23H,18,21-22,24H2,1H3. The Kier molecular flexibility index (Phi) is 9.39. The molecule has 3 aromatic heterocycles. The van der Waals surface area contributed by atoms with Gasteiger partial charge in [-0.15, -0.1) is 21.5 Å².